The topological polar surface area (TPSA) is 76.1 Å². The molecule has 130 valence electrons. The van der Waals surface area contributed by atoms with Gasteiger partial charge in [0.15, 0.2) is 0 Å². The minimum absolute atomic E-state index is 0.0722. The van der Waals surface area contributed by atoms with Crippen molar-refractivity contribution in [3.63, 3.8) is 0 Å². The first-order valence-electron chi connectivity index (χ1n) is 8.33. The standard InChI is InChI=1S/C19H21N3O3/c1-2-25-15-9-7-14(8-10-15)13-18(23)20-11-12-22-17-6-4-3-5-16(17)21-19(22)24/h3-10H,2,11-13H2,1H3,(H,20,23)(H,21,24). The number of hydrogen-bond acceptors (Lipinski definition) is 3. The summed E-state index contributed by atoms with van der Waals surface area (Å²) in [6.07, 6.45) is 0.301. The lowest BCUT2D eigenvalue weighted by Crippen LogP contribution is -2.31. The molecule has 2 aromatic carbocycles. The third-order valence-electron chi connectivity index (χ3n) is 3.94. The second kappa shape index (κ2) is 7.70. The number of fused-ring (bicyclic) bond motifs is 1. The monoisotopic (exact) mass is 339 g/mol. The first-order valence-corrected chi connectivity index (χ1v) is 8.33. The number of aromatic nitrogens is 2. The third kappa shape index (κ3) is 4.09. The van der Waals surface area contributed by atoms with Crippen LogP contribution in [-0.2, 0) is 17.8 Å². The number of nitrogens with one attached hydrogen (secondary N) is 2. The summed E-state index contributed by atoms with van der Waals surface area (Å²) in [5.74, 6) is 0.724. The molecular weight excluding hydrogens is 318 g/mol. The van der Waals surface area contributed by atoms with Crippen LogP contribution >= 0.6 is 0 Å². The zero-order valence-corrected chi connectivity index (χ0v) is 14.1. The Bertz CT molecular complexity index is 910. The SMILES string of the molecule is CCOc1ccc(CC(=O)NCCn2c(=O)[nH]c3ccccc32)cc1. The molecule has 6 heteroatoms. The molecule has 0 aliphatic carbocycles. The lowest BCUT2D eigenvalue weighted by atomic mass is 10.1. The highest BCUT2D eigenvalue weighted by Crippen LogP contribution is 2.12. The van der Waals surface area contributed by atoms with Gasteiger partial charge in [-0.2, -0.15) is 0 Å². The fourth-order valence-corrected chi connectivity index (χ4v) is 2.75. The molecule has 0 unspecified atom stereocenters. The average Bonchev–Trinajstić information content (AvgIpc) is 2.93. The van der Waals surface area contributed by atoms with Crippen LogP contribution in [0.1, 0.15) is 12.5 Å². The molecule has 0 saturated carbocycles. The third-order valence-corrected chi connectivity index (χ3v) is 3.94. The predicted molar refractivity (Wildman–Crippen MR) is 96.9 cm³/mol. The normalized spacial score (nSPS) is 10.8. The molecule has 0 spiro atoms. The van der Waals surface area contributed by atoms with E-state index in [9.17, 15) is 9.59 Å². The number of imidazole rings is 1. The van der Waals surface area contributed by atoms with Gasteiger partial charge in [-0.15, -0.1) is 0 Å². The first kappa shape index (κ1) is 16.8. The van der Waals surface area contributed by atoms with Crippen LogP contribution in [-0.4, -0.2) is 28.6 Å². The Hall–Kier alpha value is -3.02. The number of hydrogen-bond donors (Lipinski definition) is 2. The van der Waals surface area contributed by atoms with Crippen molar-refractivity contribution in [1.82, 2.24) is 14.9 Å². The number of ether oxygens (including phenoxy) is 1. The molecule has 2 N–H and O–H groups in total. The molecular formula is C19H21N3O3. The van der Waals surface area contributed by atoms with E-state index in [2.05, 4.69) is 10.3 Å². The fraction of sp³-hybridized carbons (Fsp3) is 0.263. The van der Waals surface area contributed by atoms with Crippen LogP contribution in [0.25, 0.3) is 11.0 Å². The molecule has 1 heterocycles. The summed E-state index contributed by atoms with van der Waals surface area (Å²) in [5, 5.41) is 2.86. The van der Waals surface area contributed by atoms with Gasteiger partial charge in [0.1, 0.15) is 5.75 Å². The summed E-state index contributed by atoms with van der Waals surface area (Å²) >= 11 is 0. The van der Waals surface area contributed by atoms with Crippen molar-refractivity contribution in [3.8, 4) is 5.75 Å². The molecule has 3 aromatic rings. The molecule has 0 aliphatic rings. The average molecular weight is 339 g/mol. The Balaban J connectivity index is 1.54. The summed E-state index contributed by atoms with van der Waals surface area (Å²) in [4.78, 5) is 26.8. The number of nitrogens with zero attached hydrogens (tertiary/aromatic N) is 1. The van der Waals surface area contributed by atoms with Crippen LogP contribution < -0.4 is 15.7 Å². The second-order valence-corrected chi connectivity index (χ2v) is 5.70. The largest absolute Gasteiger partial charge is 0.494 e. The number of aromatic amines is 1. The first-order chi connectivity index (χ1) is 12.2. The van der Waals surface area contributed by atoms with E-state index in [-0.39, 0.29) is 11.6 Å². The van der Waals surface area contributed by atoms with Crippen LogP contribution in [0, 0.1) is 0 Å². The van der Waals surface area contributed by atoms with Gasteiger partial charge < -0.3 is 15.0 Å². The van der Waals surface area contributed by atoms with Gasteiger partial charge in [0, 0.05) is 13.1 Å². The van der Waals surface area contributed by atoms with Crippen molar-refractivity contribution in [3.05, 3.63) is 64.6 Å². The molecule has 1 amide bonds. The summed E-state index contributed by atoms with van der Waals surface area (Å²) in [6, 6.07) is 15.0. The minimum Gasteiger partial charge on any atom is -0.494 e. The zero-order chi connectivity index (χ0) is 17.6. The summed E-state index contributed by atoms with van der Waals surface area (Å²) in [5.41, 5.74) is 2.40. The summed E-state index contributed by atoms with van der Waals surface area (Å²) < 4.78 is 7.01. The van der Waals surface area contributed by atoms with Crippen LogP contribution in [0.3, 0.4) is 0 Å². The maximum Gasteiger partial charge on any atom is 0.326 e. The Kier molecular flexibility index (Phi) is 5.18. The van der Waals surface area contributed by atoms with Gasteiger partial charge in [0.2, 0.25) is 5.91 Å². The van der Waals surface area contributed by atoms with Crippen molar-refractivity contribution in [2.24, 2.45) is 0 Å². The Morgan fingerprint density at radius 3 is 2.68 bits per heavy atom. The summed E-state index contributed by atoms with van der Waals surface area (Å²) in [6.45, 7) is 3.38. The number of amides is 1. The van der Waals surface area contributed by atoms with Crippen molar-refractivity contribution < 1.29 is 9.53 Å². The van der Waals surface area contributed by atoms with Crippen molar-refractivity contribution in [2.75, 3.05) is 13.2 Å². The maximum atomic E-state index is 12.1. The highest BCUT2D eigenvalue weighted by molar-refractivity contribution is 5.78. The molecule has 0 radical (unpaired) electrons. The minimum atomic E-state index is -0.165. The molecule has 0 aliphatic heterocycles. The lowest BCUT2D eigenvalue weighted by Gasteiger charge is -2.07. The van der Waals surface area contributed by atoms with Crippen molar-refractivity contribution >= 4 is 16.9 Å². The van der Waals surface area contributed by atoms with Gasteiger partial charge in [-0.05, 0) is 36.8 Å². The number of carbonyl (C=O) groups is 1. The highest BCUT2D eigenvalue weighted by atomic mass is 16.5. The van der Waals surface area contributed by atoms with Crippen LogP contribution in [0.2, 0.25) is 0 Å². The van der Waals surface area contributed by atoms with E-state index >= 15 is 0 Å². The number of para-hydroxylation sites is 2. The maximum absolute atomic E-state index is 12.1. The fourth-order valence-electron chi connectivity index (χ4n) is 2.75. The quantitative estimate of drug-likeness (QED) is 0.692. The van der Waals surface area contributed by atoms with Crippen LogP contribution in [0.5, 0.6) is 5.75 Å². The van der Waals surface area contributed by atoms with Gasteiger partial charge in [0.25, 0.3) is 0 Å². The van der Waals surface area contributed by atoms with E-state index in [1.54, 1.807) is 4.57 Å². The molecule has 25 heavy (non-hydrogen) atoms. The van der Waals surface area contributed by atoms with Gasteiger partial charge in [-0.3, -0.25) is 9.36 Å². The number of H-pyrrole nitrogens is 1. The lowest BCUT2D eigenvalue weighted by molar-refractivity contribution is -0.120. The van der Waals surface area contributed by atoms with Gasteiger partial charge in [-0.1, -0.05) is 24.3 Å². The van der Waals surface area contributed by atoms with E-state index in [0.29, 0.717) is 26.1 Å². The van der Waals surface area contributed by atoms with E-state index in [0.717, 1.165) is 22.3 Å². The van der Waals surface area contributed by atoms with Crippen LogP contribution in [0.4, 0.5) is 0 Å². The number of benzene rings is 2. The Morgan fingerprint density at radius 2 is 1.92 bits per heavy atom. The Morgan fingerprint density at radius 1 is 1.16 bits per heavy atom. The molecule has 1 aromatic heterocycles. The van der Waals surface area contributed by atoms with Crippen molar-refractivity contribution in [2.45, 2.75) is 19.9 Å². The molecule has 3 rings (SSSR count). The second-order valence-electron chi connectivity index (χ2n) is 5.70. The van der Waals surface area contributed by atoms with Gasteiger partial charge >= 0.3 is 5.69 Å². The number of rotatable bonds is 7. The molecule has 0 bridgehead atoms. The highest BCUT2D eigenvalue weighted by Gasteiger charge is 2.07. The van der Waals surface area contributed by atoms with Gasteiger partial charge in [-0.25, -0.2) is 4.79 Å². The van der Waals surface area contributed by atoms with E-state index in [4.69, 9.17) is 4.74 Å². The zero-order valence-electron chi connectivity index (χ0n) is 14.1. The molecule has 0 fully saturated rings. The van der Waals surface area contributed by atoms with Crippen LogP contribution in [0.15, 0.2) is 53.3 Å². The summed E-state index contributed by atoms with van der Waals surface area (Å²) in [7, 11) is 0. The molecule has 0 saturated heterocycles. The smallest absolute Gasteiger partial charge is 0.326 e. The predicted octanol–water partition coefficient (Wildman–Crippen LogP) is 2.09. The van der Waals surface area contributed by atoms with E-state index in [1.807, 2.05) is 55.5 Å². The molecule has 6 nitrogen and oxygen atoms in total. The Labute approximate surface area is 145 Å². The molecule has 0 atom stereocenters. The number of carbonyl (C=O) groups excluding carboxylic acids is 1. The van der Waals surface area contributed by atoms with Crippen molar-refractivity contribution in [1.29, 1.82) is 0 Å². The van der Waals surface area contributed by atoms with E-state index in [1.165, 1.54) is 0 Å². The van der Waals surface area contributed by atoms with E-state index < -0.39 is 0 Å². The van der Waals surface area contributed by atoms with Gasteiger partial charge in [0.05, 0.1) is 24.1 Å².